The molecule has 0 radical (unpaired) electrons. The second kappa shape index (κ2) is 4.56. The Labute approximate surface area is 107 Å². The highest BCUT2D eigenvalue weighted by atomic mass is 16.5. The van der Waals surface area contributed by atoms with Gasteiger partial charge in [-0.2, -0.15) is 0 Å². The molecule has 0 saturated carbocycles. The van der Waals surface area contributed by atoms with Crippen molar-refractivity contribution in [3.8, 4) is 0 Å². The van der Waals surface area contributed by atoms with Gasteiger partial charge < -0.3 is 4.74 Å². The third-order valence-corrected chi connectivity index (χ3v) is 3.03. The van der Waals surface area contributed by atoms with Gasteiger partial charge >= 0.3 is 0 Å². The van der Waals surface area contributed by atoms with Gasteiger partial charge in [0.15, 0.2) is 0 Å². The maximum Gasteiger partial charge on any atom is 0.142 e. The number of hydrogen-bond acceptors (Lipinski definition) is 1. The van der Waals surface area contributed by atoms with Crippen molar-refractivity contribution in [1.82, 2.24) is 0 Å². The molecule has 0 fully saturated rings. The Morgan fingerprint density at radius 1 is 1.06 bits per heavy atom. The van der Waals surface area contributed by atoms with Crippen LogP contribution >= 0.6 is 0 Å². The third-order valence-electron chi connectivity index (χ3n) is 3.03. The molecule has 1 nitrogen and oxygen atoms in total. The largest absolute Gasteiger partial charge is 0.458 e. The van der Waals surface area contributed by atoms with Crippen LogP contribution in [-0.2, 0) is 11.2 Å². The molecule has 0 N–H and O–H groups in total. The molecule has 3 rings (SSSR count). The lowest BCUT2D eigenvalue weighted by molar-refractivity contribution is 0.297. The molecule has 2 aromatic rings. The highest BCUT2D eigenvalue weighted by Crippen LogP contribution is 2.20. The SMILES string of the molecule is CC1=C=CC=C(Cc2ccc3ccccc3c2)O1. The molecule has 0 aliphatic carbocycles. The number of hydrogen-bond donors (Lipinski definition) is 0. The van der Waals surface area contributed by atoms with Crippen LogP contribution in [0, 0.1) is 0 Å². The van der Waals surface area contributed by atoms with E-state index in [0.29, 0.717) is 0 Å². The lowest BCUT2D eigenvalue weighted by Gasteiger charge is -2.11. The van der Waals surface area contributed by atoms with E-state index < -0.39 is 0 Å². The second-order valence-corrected chi connectivity index (χ2v) is 4.46. The van der Waals surface area contributed by atoms with E-state index in [1.54, 1.807) is 0 Å². The molecule has 0 aromatic heterocycles. The van der Waals surface area contributed by atoms with E-state index in [9.17, 15) is 0 Å². The first kappa shape index (κ1) is 10.9. The molecular formula is C17H14O. The Bertz CT molecular complexity index is 686. The second-order valence-electron chi connectivity index (χ2n) is 4.46. The van der Waals surface area contributed by atoms with Crippen molar-refractivity contribution in [2.45, 2.75) is 13.3 Å². The lowest BCUT2D eigenvalue weighted by Crippen LogP contribution is -1.97. The molecule has 1 aliphatic rings. The van der Waals surface area contributed by atoms with Crippen LogP contribution in [0.15, 0.2) is 71.9 Å². The zero-order valence-corrected chi connectivity index (χ0v) is 10.3. The Morgan fingerprint density at radius 3 is 2.72 bits per heavy atom. The third kappa shape index (κ3) is 2.22. The Morgan fingerprint density at radius 2 is 1.89 bits per heavy atom. The maximum atomic E-state index is 5.64. The van der Waals surface area contributed by atoms with Gasteiger partial charge in [0.1, 0.15) is 11.5 Å². The first-order valence-electron chi connectivity index (χ1n) is 6.09. The van der Waals surface area contributed by atoms with Crippen LogP contribution in [0.25, 0.3) is 10.8 Å². The van der Waals surface area contributed by atoms with Crippen molar-refractivity contribution < 1.29 is 4.74 Å². The van der Waals surface area contributed by atoms with Crippen LogP contribution in [0.4, 0.5) is 0 Å². The summed E-state index contributed by atoms with van der Waals surface area (Å²) in [6.07, 6.45) is 4.71. The number of rotatable bonds is 2. The van der Waals surface area contributed by atoms with Gasteiger partial charge in [-0.25, -0.2) is 0 Å². The molecule has 0 spiro atoms. The van der Waals surface area contributed by atoms with Gasteiger partial charge in [-0.05, 0) is 28.5 Å². The molecule has 0 saturated heterocycles. The summed E-state index contributed by atoms with van der Waals surface area (Å²) in [7, 11) is 0. The molecule has 0 bridgehead atoms. The molecule has 1 heteroatoms. The van der Waals surface area contributed by atoms with Crippen LogP contribution in [0.5, 0.6) is 0 Å². The molecule has 18 heavy (non-hydrogen) atoms. The van der Waals surface area contributed by atoms with Crippen LogP contribution < -0.4 is 0 Å². The highest BCUT2D eigenvalue weighted by molar-refractivity contribution is 5.83. The van der Waals surface area contributed by atoms with Crippen molar-refractivity contribution in [1.29, 1.82) is 0 Å². The summed E-state index contributed by atoms with van der Waals surface area (Å²) in [6.45, 7) is 1.92. The molecule has 0 amide bonds. The van der Waals surface area contributed by atoms with E-state index in [0.717, 1.165) is 17.9 Å². The summed E-state index contributed by atoms with van der Waals surface area (Å²) in [5.74, 6) is 1.80. The zero-order chi connectivity index (χ0) is 12.4. The minimum atomic E-state index is 0.820. The van der Waals surface area contributed by atoms with Crippen LogP contribution in [0.3, 0.4) is 0 Å². The Kier molecular flexibility index (Phi) is 2.76. The smallest absolute Gasteiger partial charge is 0.142 e. The Balaban J connectivity index is 1.88. The molecule has 2 aromatic carbocycles. The minimum Gasteiger partial charge on any atom is -0.458 e. The standard InChI is InChI=1S/C17H14O/c1-13-5-4-8-17(18-13)12-14-9-10-15-6-2-3-7-16(15)11-14/h2-4,6-11H,12H2,1H3. The number of fused-ring (bicyclic) bond motifs is 1. The molecule has 0 unspecified atom stereocenters. The average molecular weight is 234 g/mol. The summed E-state index contributed by atoms with van der Waals surface area (Å²) in [6, 6.07) is 14.9. The van der Waals surface area contributed by atoms with E-state index >= 15 is 0 Å². The molecular weight excluding hydrogens is 220 g/mol. The topological polar surface area (TPSA) is 9.23 Å². The van der Waals surface area contributed by atoms with Gasteiger partial charge in [-0.15, -0.1) is 0 Å². The van der Waals surface area contributed by atoms with Crippen LogP contribution in [0.2, 0.25) is 0 Å². The lowest BCUT2D eigenvalue weighted by atomic mass is 10.0. The van der Waals surface area contributed by atoms with Crippen LogP contribution in [0.1, 0.15) is 12.5 Å². The van der Waals surface area contributed by atoms with E-state index in [1.165, 1.54) is 16.3 Å². The molecule has 1 heterocycles. The van der Waals surface area contributed by atoms with E-state index in [4.69, 9.17) is 4.74 Å². The maximum absolute atomic E-state index is 5.64. The van der Waals surface area contributed by atoms with Crippen molar-refractivity contribution in [2.24, 2.45) is 0 Å². The van der Waals surface area contributed by atoms with E-state index in [2.05, 4.69) is 48.2 Å². The predicted molar refractivity (Wildman–Crippen MR) is 74.1 cm³/mol. The van der Waals surface area contributed by atoms with Gasteiger partial charge in [0, 0.05) is 13.3 Å². The monoisotopic (exact) mass is 234 g/mol. The number of ether oxygens (including phenoxy) is 1. The normalized spacial score (nSPS) is 14.1. The summed E-state index contributed by atoms with van der Waals surface area (Å²) in [4.78, 5) is 0. The first-order valence-corrected chi connectivity index (χ1v) is 6.09. The molecule has 1 aliphatic heterocycles. The molecule has 0 atom stereocenters. The van der Waals surface area contributed by atoms with Gasteiger partial charge in [0.25, 0.3) is 0 Å². The fourth-order valence-electron chi connectivity index (χ4n) is 2.16. The van der Waals surface area contributed by atoms with Gasteiger partial charge in [-0.3, -0.25) is 0 Å². The summed E-state index contributed by atoms with van der Waals surface area (Å²) in [5.41, 5.74) is 4.29. The summed E-state index contributed by atoms with van der Waals surface area (Å²) in [5, 5.41) is 2.55. The van der Waals surface area contributed by atoms with Crippen LogP contribution in [-0.4, -0.2) is 0 Å². The van der Waals surface area contributed by atoms with Gasteiger partial charge in [-0.1, -0.05) is 48.2 Å². The quantitative estimate of drug-likeness (QED) is 0.702. The fourth-order valence-corrected chi connectivity index (χ4v) is 2.16. The van der Waals surface area contributed by atoms with Gasteiger partial charge in [0.05, 0.1) is 0 Å². The fraction of sp³-hybridized carbons (Fsp3) is 0.118. The van der Waals surface area contributed by atoms with E-state index in [1.807, 2.05) is 19.1 Å². The average Bonchev–Trinajstić information content (AvgIpc) is 2.39. The minimum absolute atomic E-state index is 0.820. The predicted octanol–water partition coefficient (Wildman–Crippen LogP) is 4.36. The highest BCUT2D eigenvalue weighted by Gasteiger charge is 2.04. The summed E-state index contributed by atoms with van der Waals surface area (Å²) >= 11 is 0. The zero-order valence-electron chi connectivity index (χ0n) is 10.3. The molecule has 88 valence electrons. The number of allylic oxidation sites excluding steroid dienone is 3. The summed E-state index contributed by atoms with van der Waals surface area (Å²) < 4.78 is 5.64. The van der Waals surface area contributed by atoms with Crippen molar-refractivity contribution in [3.63, 3.8) is 0 Å². The van der Waals surface area contributed by atoms with Crippen molar-refractivity contribution >= 4 is 10.8 Å². The van der Waals surface area contributed by atoms with Gasteiger partial charge in [0.2, 0.25) is 0 Å². The number of benzene rings is 2. The van der Waals surface area contributed by atoms with Crippen molar-refractivity contribution in [2.75, 3.05) is 0 Å². The Hall–Kier alpha value is -2.24. The van der Waals surface area contributed by atoms with E-state index in [-0.39, 0.29) is 0 Å². The van der Waals surface area contributed by atoms with Crippen molar-refractivity contribution in [3.05, 3.63) is 77.4 Å². The first-order chi connectivity index (χ1) is 8.81.